The normalized spacial score (nSPS) is 12.2. The quantitative estimate of drug-likeness (QED) is 0.785. The summed E-state index contributed by atoms with van der Waals surface area (Å²) >= 11 is 0. The van der Waals surface area contributed by atoms with Crippen LogP contribution in [0.15, 0.2) is 0 Å². The maximum Gasteiger partial charge on any atom is 0.389 e. The second kappa shape index (κ2) is 6.16. The van der Waals surface area contributed by atoms with Gasteiger partial charge in [0.05, 0.1) is 11.4 Å². The monoisotopic (exact) mass is 278 g/mol. The Balaban J connectivity index is 2.46. The lowest BCUT2D eigenvalue weighted by Crippen LogP contribution is -2.10. The zero-order chi connectivity index (χ0) is 14.6. The van der Waals surface area contributed by atoms with Crippen molar-refractivity contribution in [3.8, 4) is 0 Å². The van der Waals surface area contributed by atoms with E-state index in [1.54, 1.807) is 11.7 Å². The number of aryl methyl sites for hydroxylation is 1. The Morgan fingerprint density at radius 3 is 2.42 bits per heavy atom. The van der Waals surface area contributed by atoms with Gasteiger partial charge in [0, 0.05) is 20.0 Å². The minimum atomic E-state index is -4.07. The zero-order valence-electron chi connectivity index (χ0n) is 11.5. The van der Waals surface area contributed by atoms with Crippen LogP contribution in [0.4, 0.5) is 24.7 Å². The molecular formula is C12H21F3N4. The number of nitrogens with one attached hydrogen (secondary N) is 1. The van der Waals surface area contributed by atoms with E-state index in [4.69, 9.17) is 5.73 Å². The zero-order valence-corrected chi connectivity index (χ0v) is 11.5. The minimum absolute atomic E-state index is 0.116. The fraction of sp³-hybridized carbons (Fsp3) is 0.750. The maximum absolute atomic E-state index is 12.0. The van der Waals surface area contributed by atoms with Crippen molar-refractivity contribution in [1.29, 1.82) is 0 Å². The fourth-order valence-corrected chi connectivity index (χ4v) is 1.85. The lowest BCUT2D eigenvalue weighted by atomic mass is 10.1. The highest BCUT2D eigenvalue weighted by Gasteiger charge is 2.25. The Kier molecular flexibility index (Phi) is 5.08. The van der Waals surface area contributed by atoms with E-state index in [1.165, 1.54) is 0 Å². The molecule has 0 bridgehead atoms. The van der Waals surface area contributed by atoms with Gasteiger partial charge in [0.1, 0.15) is 5.82 Å². The van der Waals surface area contributed by atoms with Gasteiger partial charge in [0.2, 0.25) is 0 Å². The van der Waals surface area contributed by atoms with E-state index >= 15 is 0 Å². The Labute approximate surface area is 111 Å². The number of aromatic nitrogens is 2. The summed E-state index contributed by atoms with van der Waals surface area (Å²) in [5.74, 6) is 0.891. The van der Waals surface area contributed by atoms with E-state index in [9.17, 15) is 13.2 Å². The van der Waals surface area contributed by atoms with Gasteiger partial charge < -0.3 is 11.1 Å². The van der Waals surface area contributed by atoms with E-state index in [-0.39, 0.29) is 12.3 Å². The molecule has 0 amide bonds. The maximum atomic E-state index is 12.0. The summed E-state index contributed by atoms with van der Waals surface area (Å²) in [6.45, 7) is 4.44. The van der Waals surface area contributed by atoms with Gasteiger partial charge in [-0.25, -0.2) is 0 Å². The average Bonchev–Trinajstić information content (AvgIpc) is 2.54. The highest BCUT2D eigenvalue weighted by molar-refractivity contribution is 5.65. The first-order valence-electron chi connectivity index (χ1n) is 6.35. The van der Waals surface area contributed by atoms with Crippen LogP contribution in [0.25, 0.3) is 0 Å². The first kappa shape index (κ1) is 15.7. The van der Waals surface area contributed by atoms with Crippen LogP contribution in [0.2, 0.25) is 0 Å². The van der Waals surface area contributed by atoms with Crippen molar-refractivity contribution in [2.75, 3.05) is 17.6 Å². The van der Waals surface area contributed by atoms with Gasteiger partial charge in [-0.15, -0.1) is 0 Å². The van der Waals surface area contributed by atoms with Crippen LogP contribution < -0.4 is 11.1 Å². The minimum Gasteiger partial charge on any atom is -0.394 e. The van der Waals surface area contributed by atoms with E-state index in [1.807, 2.05) is 13.8 Å². The Hall–Kier alpha value is -1.40. The fourth-order valence-electron chi connectivity index (χ4n) is 1.85. The Bertz CT molecular complexity index is 410. The highest BCUT2D eigenvalue weighted by atomic mass is 19.4. The molecule has 7 heteroatoms. The van der Waals surface area contributed by atoms with E-state index in [0.717, 1.165) is 5.69 Å². The van der Waals surface area contributed by atoms with E-state index < -0.39 is 12.6 Å². The third-order valence-electron chi connectivity index (χ3n) is 2.84. The van der Waals surface area contributed by atoms with Crippen molar-refractivity contribution in [3.05, 3.63) is 5.69 Å². The number of hydrogen-bond donors (Lipinski definition) is 2. The summed E-state index contributed by atoms with van der Waals surface area (Å²) in [6.07, 6.45) is -4.25. The molecule has 1 heterocycles. The third kappa shape index (κ3) is 4.65. The summed E-state index contributed by atoms with van der Waals surface area (Å²) in [5, 5.41) is 7.35. The molecule has 0 atom stereocenters. The van der Waals surface area contributed by atoms with Crippen LogP contribution in [0, 0.1) is 0 Å². The number of hydrogen-bond acceptors (Lipinski definition) is 3. The van der Waals surface area contributed by atoms with Gasteiger partial charge in [0.15, 0.2) is 0 Å². The number of halogens is 3. The van der Waals surface area contributed by atoms with Gasteiger partial charge >= 0.3 is 6.18 Å². The van der Waals surface area contributed by atoms with Gasteiger partial charge in [-0.2, -0.15) is 18.3 Å². The summed E-state index contributed by atoms with van der Waals surface area (Å²) < 4.78 is 37.5. The number of nitrogens with two attached hydrogens (primary N) is 1. The number of nitrogens with zero attached hydrogens (tertiary/aromatic N) is 2. The summed E-state index contributed by atoms with van der Waals surface area (Å²) in [7, 11) is 1.76. The molecule has 1 rings (SSSR count). The molecule has 0 spiro atoms. The van der Waals surface area contributed by atoms with Gasteiger partial charge in [-0.1, -0.05) is 13.8 Å². The predicted molar refractivity (Wildman–Crippen MR) is 70.1 cm³/mol. The largest absolute Gasteiger partial charge is 0.394 e. The molecule has 0 aromatic carbocycles. The first-order chi connectivity index (χ1) is 8.72. The summed E-state index contributed by atoms with van der Waals surface area (Å²) in [6, 6.07) is 0. The van der Waals surface area contributed by atoms with Gasteiger partial charge in [0.25, 0.3) is 0 Å². The van der Waals surface area contributed by atoms with Gasteiger partial charge in [-0.05, 0) is 18.8 Å². The van der Waals surface area contributed by atoms with E-state index in [2.05, 4.69) is 10.4 Å². The highest BCUT2D eigenvalue weighted by Crippen LogP contribution is 2.28. The van der Waals surface area contributed by atoms with Crippen LogP contribution in [0.1, 0.15) is 44.7 Å². The topological polar surface area (TPSA) is 55.9 Å². The molecule has 110 valence electrons. The van der Waals surface area contributed by atoms with Crippen LogP contribution in [0.3, 0.4) is 0 Å². The lowest BCUT2D eigenvalue weighted by molar-refractivity contribution is -0.135. The number of anilines is 2. The molecule has 0 saturated carbocycles. The molecule has 0 aliphatic heterocycles. The van der Waals surface area contributed by atoms with Gasteiger partial charge in [-0.3, -0.25) is 4.68 Å². The molecule has 0 fully saturated rings. The number of alkyl halides is 3. The van der Waals surface area contributed by atoms with Crippen molar-refractivity contribution in [3.63, 3.8) is 0 Å². The van der Waals surface area contributed by atoms with Crippen molar-refractivity contribution >= 4 is 11.5 Å². The summed E-state index contributed by atoms with van der Waals surface area (Å²) in [5.41, 5.74) is 7.35. The smallest absolute Gasteiger partial charge is 0.389 e. The molecular weight excluding hydrogens is 257 g/mol. The molecule has 1 aromatic heterocycles. The molecule has 1 aromatic rings. The third-order valence-corrected chi connectivity index (χ3v) is 2.84. The van der Waals surface area contributed by atoms with Crippen LogP contribution in [-0.2, 0) is 7.05 Å². The second-order valence-corrected chi connectivity index (χ2v) is 4.92. The standard InChI is InChI=1S/C12H21F3N4/c1-8(2)10-9(16)11(19(3)18-10)17-7-5-4-6-12(13,14)15/h8,17H,4-7,16H2,1-3H3. The van der Waals surface area contributed by atoms with Crippen LogP contribution in [0.5, 0.6) is 0 Å². The summed E-state index contributed by atoms with van der Waals surface area (Å²) in [4.78, 5) is 0. The Morgan fingerprint density at radius 1 is 1.32 bits per heavy atom. The number of rotatable bonds is 6. The molecule has 0 saturated heterocycles. The van der Waals surface area contributed by atoms with Crippen molar-refractivity contribution in [2.24, 2.45) is 7.05 Å². The number of nitrogen functional groups attached to an aromatic ring is 1. The molecule has 0 aliphatic carbocycles. The Morgan fingerprint density at radius 2 is 1.95 bits per heavy atom. The molecule has 3 N–H and O–H groups in total. The SMILES string of the molecule is CC(C)c1nn(C)c(NCCCCC(F)(F)F)c1N. The predicted octanol–water partition coefficient (Wildman–Crippen LogP) is 3.27. The van der Waals surface area contributed by atoms with Crippen LogP contribution >= 0.6 is 0 Å². The van der Waals surface area contributed by atoms with Crippen molar-refractivity contribution in [1.82, 2.24) is 9.78 Å². The van der Waals surface area contributed by atoms with Crippen LogP contribution in [-0.4, -0.2) is 22.5 Å². The molecule has 4 nitrogen and oxygen atoms in total. The average molecular weight is 278 g/mol. The molecule has 19 heavy (non-hydrogen) atoms. The van der Waals surface area contributed by atoms with Crippen molar-refractivity contribution < 1.29 is 13.2 Å². The van der Waals surface area contributed by atoms with E-state index in [0.29, 0.717) is 24.5 Å². The second-order valence-electron chi connectivity index (χ2n) is 4.92. The lowest BCUT2D eigenvalue weighted by Gasteiger charge is -2.09. The number of unbranched alkanes of at least 4 members (excludes halogenated alkanes) is 1. The molecule has 0 aliphatic rings. The molecule has 0 radical (unpaired) electrons. The molecule has 0 unspecified atom stereocenters. The first-order valence-corrected chi connectivity index (χ1v) is 6.35. The van der Waals surface area contributed by atoms with Crippen molar-refractivity contribution in [2.45, 2.75) is 45.2 Å².